The molecule has 0 radical (unpaired) electrons. The number of carbonyl (C=O) groups is 1. The Morgan fingerprint density at radius 2 is 1.95 bits per heavy atom. The van der Waals surface area contributed by atoms with Gasteiger partial charge in [0.2, 0.25) is 0 Å². The number of hydrogen-bond donors (Lipinski definition) is 1. The molecule has 0 atom stereocenters. The number of aryl methyl sites for hydroxylation is 1. The fourth-order valence-electron chi connectivity index (χ4n) is 1.77. The molecular weight excluding hydrogens is 240 g/mol. The molecule has 1 heterocycles. The van der Waals surface area contributed by atoms with Crippen LogP contribution in [0.3, 0.4) is 0 Å². The van der Waals surface area contributed by atoms with Gasteiger partial charge in [-0.2, -0.15) is 0 Å². The Kier molecular flexibility index (Phi) is 4.13. The molecule has 2 rings (SSSR count). The van der Waals surface area contributed by atoms with Crippen molar-refractivity contribution in [2.75, 3.05) is 12.4 Å². The van der Waals surface area contributed by atoms with E-state index in [1.807, 2.05) is 30.3 Å². The van der Waals surface area contributed by atoms with E-state index in [0.717, 1.165) is 5.82 Å². The molecule has 0 aliphatic carbocycles. The van der Waals surface area contributed by atoms with Crippen molar-refractivity contribution in [2.45, 2.75) is 13.5 Å². The van der Waals surface area contributed by atoms with Crippen molar-refractivity contribution in [3.63, 3.8) is 0 Å². The van der Waals surface area contributed by atoms with Crippen LogP contribution in [-0.2, 0) is 11.3 Å². The summed E-state index contributed by atoms with van der Waals surface area (Å²) in [5, 5.41) is 3.22. The van der Waals surface area contributed by atoms with Gasteiger partial charge in [0, 0.05) is 6.54 Å². The van der Waals surface area contributed by atoms with Crippen LogP contribution in [0.4, 0.5) is 5.82 Å². The molecule has 0 unspecified atom stereocenters. The van der Waals surface area contributed by atoms with Crippen LogP contribution < -0.4 is 5.32 Å². The maximum Gasteiger partial charge on any atom is 0.339 e. The van der Waals surface area contributed by atoms with Crippen molar-refractivity contribution in [3.05, 3.63) is 59.3 Å². The highest BCUT2D eigenvalue weighted by atomic mass is 16.5. The lowest BCUT2D eigenvalue weighted by atomic mass is 10.2. The van der Waals surface area contributed by atoms with Gasteiger partial charge in [-0.05, 0) is 24.6 Å². The minimum absolute atomic E-state index is 0.361. The summed E-state index contributed by atoms with van der Waals surface area (Å²) in [7, 11) is 1.36. The zero-order chi connectivity index (χ0) is 13.7. The van der Waals surface area contributed by atoms with E-state index in [9.17, 15) is 4.79 Å². The van der Waals surface area contributed by atoms with E-state index in [4.69, 9.17) is 0 Å². The minimum Gasteiger partial charge on any atom is -0.465 e. The number of pyridine rings is 1. The van der Waals surface area contributed by atoms with Gasteiger partial charge >= 0.3 is 5.97 Å². The first-order valence-corrected chi connectivity index (χ1v) is 6.04. The van der Waals surface area contributed by atoms with Gasteiger partial charge in [-0.3, -0.25) is 0 Å². The van der Waals surface area contributed by atoms with E-state index in [-0.39, 0.29) is 5.97 Å². The summed E-state index contributed by atoms with van der Waals surface area (Å²) in [6.45, 7) is 2.49. The highest BCUT2D eigenvalue weighted by Gasteiger charge is 2.10. The molecule has 98 valence electrons. The minimum atomic E-state index is -0.361. The van der Waals surface area contributed by atoms with Crippen LogP contribution in [0.1, 0.15) is 21.6 Å². The van der Waals surface area contributed by atoms with Crippen molar-refractivity contribution in [2.24, 2.45) is 0 Å². The predicted molar refractivity (Wildman–Crippen MR) is 74.1 cm³/mol. The van der Waals surface area contributed by atoms with Crippen molar-refractivity contribution in [1.29, 1.82) is 0 Å². The van der Waals surface area contributed by atoms with Crippen molar-refractivity contribution >= 4 is 11.8 Å². The van der Waals surface area contributed by atoms with Crippen LogP contribution in [-0.4, -0.2) is 18.1 Å². The normalized spacial score (nSPS) is 10.0. The molecule has 0 bridgehead atoms. The number of nitrogens with one attached hydrogen (secondary N) is 1. The van der Waals surface area contributed by atoms with Crippen molar-refractivity contribution < 1.29 is 9.53 Å². The second-order valence-electron chi connectivity index (χ2n) is 4.16. The second kappa shape index (κ2) is 6.00. The molecule has 0 saturated heterocycles. The van der Waals surface area contributed by atoms with Crippen molar-refractivity contribution in [1.82, 2.24) is 4.98 Å². The second-order valence-corrected chi connectivity index (χ2v) is 4.16. The van der Waals surface area contributed by atoms with E-state index in [0.29, 0.717) is 17.8 Å². The molecule has 4 heteroatoms. The number of rotatable bonds is 4. The van der Waals surface area contributed by atoms with Gasteiger partial charge in [0.1, 0.15) is 5.82 Å². The first-order valence-electron chi connectivity index (χ1n) is 6.04. The van der Waals surface area contributed by atoms with Gasteiger partial charge in [-0.25, -0.2) is 9.78 Å². The number of carbonyl (C=O) groups excluding carboxylic acids is 1. The maximum atomic E-state index is 11.4. The topological polar surface area (TPSA) is 51.2 Å². The van der Waals surface area contributed by atoms with Crippen LogP contribution in [0, 0.1) is 6.92 Å². The summed E-state index contributed by atoms with van der Waals surface area (Å²) in [6.07, 6.45) is 0. The van der Waals surface area contributed by atoms with Crippen LogP contribution >= 0.6 is 0 Å². The molecule has 0 fully saturated rings. The average molecular weight is 256 g/mol. The fourth-order valence-corrected chi connectivity index (χ4v) is 1.77. The molecule has 0 saturated carbocycles. The smallest absolute Gasteiger partial charge is 0.339 e. The summed E-state index contributed by atoms with van der Waals surface area (Å²) < 4.78 is 4.69. The third-order valence-corrected chi connectivity index (χ3v) is 2.81. The van der Waals surface area contributed by atoms with Gasteiger partial charge in [-0.15, -0.1) is 0 Å². The molecule has 1 N–H and O–H groups in total. The molecule has 0 aliphatic heterocycles. The zero-order valence-electron chi connectivity index (χ0n) is 11.0. The molecule has 1 aromatic carbocycles. The Bertz CT molecular complexity index is 568. The lowest BCUT2D eigenvalue weighted by Crippen LogP contribution is -2.07. The van der Waals surface area contributed by atoms with Crippen LogP contribution in [0.25, 0.3) is 0 Å². The van der Waals surface area contributed by atoms with E-state index in [1.54, 1.807) is 19.1 Å². The zero-order valence-corrected chi connectivity index (χ0v) is 11.0. The summed E-state index contributed by atoms with van der Waals surface area (Å²) in [5.74, 6) is 0.383. The summed E-state index contributed by atoms with van der Waals surface area (Å²) >= 11 is 0. The number of aromatic nitrogens is 1. The molecule has 0 spiro atoms. The number of methoxy groups -OCH3 is 1. The number of nitrogens with zero attached hydrogens (tertiary/aromatic N) is 1. The van der Waals surface area contributed by atoms with Gasteiger partial charge in [0.25, 0.3) is 0 Å². The molecule has 0 aliphatic rings. The first-order chi connectivity index (χ1) is 9.20. The van der Waals surface area contributed by atoms with Gasteiger partial charge in [0.05, 0.1) is 18.4 Å². The summed E-state index contributed by atoms with van der Waals surface area (Å²) in [4.78, 5) is 15.8. The average Bonchev–Trinajstić information content (AvgIpc) is 2.45. The third-order valence-electron chi connectivity index (χ3n) is 2.81. The molecule has 19 heavy (non-hydrogen) atoms. The lowest BCUT2D eigenvalue weighted by molar-refractivity contribution is 0.0599. The SMILES string of the molecule is COC(=O)c1ccc(NCc2ccccc2)nc1C. The van der Waals surface area contributed by atoms with Crippen molar-refractivity contribution in [3.8, 4) is 0 Å². The highest BCUT2D eigenvalue weighted by Crippen LogP contribution is 2.12. The lowest BCUT2D eigenvalue weighted by Gasteiger charge is -2.08. The Morgan fingerprint density at radius 1 is 1.21 bits per heavy atom. The molecule has 0 amide bonds. The van der Waals surface area contributed by atoms with Gasteiger partial charge < -0.3 is 10.1 Å². The van der Waals surface area contributed by atoms with E-state index < -0.39 is 0 Å². The van der Waals surface area contributed by atoms with E-state index >= 15 is 0 Å². The molecule has 2 aromatic rings. The first kappa shape index (κ1) is 13.1. The Labute approximate surface area is 112 Å². The monoisotopic (exact) mass is 256 g/mol. The molecule has 4 nitrogen and oxygen atoms in total. The van der Waals surface area contributed by atoms with Crippen LogP contribution in [0.15, 0.2) is 42.5 Å². The number of ether oxygens (including phenoxy) is 1. The predicted octanol–water partition coefficient (Wildman–Crippen LogP) is 2.79. The third kappa shape index (κ3) is 3.31. The summed E-state index contributed by atoms with van der Waals surface area (Å²) in [5.41, 5.74) is 2.33. The summed E-state index contributed by atoms with van der Waals surface area (Å²) in [6, 6.07) is 13.6. The van der Waals surface area contributed by atoms with E-state index in [2.05, 4.69) is 15.0 Å². The number of hydrogen-bond acceptors (Lipinski definition) is 4. The largest absolute Gasteiger partial charge is 0.465 e. The maximum absolute atomic E-state index is 11.4. The fraction of sp³-hybridized carbons (Fsp3) is 0.200. The molecular formula is C15H16N2O2. The number of anilines is 1. The Hall–Kier alpha value is -2.36. The van der Waals surface area contributed by atoms with Crippen LogP contribution in [0.5, 0.6) is 0 Å². The number of esters is 1. The quantitative estimate of drug-likeness (QED) is 0.855. The Balaban J connectivity index is 2.06. The number of benzene rings is 1. The Morgan fingerprint density at radius 3 is 2.58 bits per heavy atom. The van der Waals surface area contributed by atoms with Crippen LogP contribution in [0.2, 0.25) is 0 Å². The van der Waals surface area contributed by atoms with Gasteiger partial charge in [0.15, 0.2) is 0 Å². The highest BCUT2D eigenvalue weighted by molar-refractivity contribution is 5.90. The van der Waals surface area contributed by atoms with Gasteiger partial charge in [-0.1, -0.05) is 30.3 Å². The molecule has 1 aromatic heterocycles. The van der Waals surface area contributed by atoms with E-state index in [1.165, 1.54) is 12.7 Å². The standard InChI is InChI=1S/C15H16N2O2/c1-11-13(15(18)19-2)8-9-14(17-11)16-10-12-6-4-3-5-7-12/h3-9H,10H2,1-2H3,(H,16,17).